The first kappa shape index (κ1) is 20.0. The van der Waals surface area contributed by atoms with Gasteiger partial charge in [-0.15, -0.1) is 0 Å². The van der Waals surface area contributed by atoms with E-state index in [2.05, 4.69) is 22.9 Å². The molecule has 2 unspecified atom stereocenters. The van der Waals surface area contributed by atoms with Crippen molar-refractivity contribution in [2.75, 3.05) is 25.0 Å². The number of carbonyl (C=O) groups excluding carboxylic acids is 1. The van der Waals surface area contributed by atoms with Crippen LogP contribution in [0.15, 0.2) is 18.2 Å². The molecular weight excluding hydrogens is 353 g/mol. The number of nitro groups is 1. The van der Waals surface area contributed by atoms with Gasteiger partial charge in [-0.1, -0.05) is 6.92 Å². The summed E-state index contributed by atoms with van der Waals surface area (Å²) < 4.78 is 38.0. The van der Waals surface area contributed by atoms with E-state index in [-0.39, 0.29) is 30.6 Å². The summed E-state index contributed by atoms with van der Waals surface area (Å²) in [6.45, 7) is 3.72. The molecule has 0 bridgehead atoms. The van der Waals surface area contributed by atoms with Crippen LogP contribution in [0.5, 0.6) is 0 Å². The van der Waals surface area contributed by atoms with Crippen LogP contribution in [0.25, 0.3) is 0 Å². The monoisotopic (exact) mass is 374 g/mol. The summed E-state index contributed by atoms with van der Waals surface area (Å²) >= 11 is 0. The highest BCUT2D eigenvalue weighted by Gasteiger charge is 2.33. The van der Waals surface area contributed by atoms with E-state index in [0.29, 0.717) is 18.5 Å². The van der Waals surface area contributed by atoms with Gasteiger partial charge in [-0.05, 0) is 31.0 Å². The van der Waals surface area contributed by atoms with E-state index in [1.165, 1.54) is 0 Å². The maximum absolute atomic E-state index is 12.7. The van der Waals surface area contributed by atoms with Crippen LogP contribution < -0.4 is 16.0 Å². The summed E-state index contributed by atoms with van der Waals surface area (Å²) in [6.07, 6.45) is -3.64. The Balaban J connectivity index is 1.92. The highest BCUT2D eigenvalue weighted by atomic mass is 19.4. The van der Waals surface area contributed by atoms with Crippen LogP contribution in [0.3, 0.4) is 0 Å². The standard InChI is InChI=1S/C16H21F3N4O3/c1-10-4-6-20-9-13(10)22-15(24)5-7-21-12-3-2-11(16(17,18)19)8-14(12)23(25)26/h2-3,8,10,13,20-21H,4-7,9H2,1H3,(H,22,24). The first-order valence-electron chi connectivity index (χ1n) is 8.28. The van der Waals surface area contributed by atoms with Crippen molar-refractivity contribution in [2.24, 2.45) is 5.92 Å². The molecule has 1 aliphatic rings. The van der Waals surface area contributed by atoms with Crippen molar-refractivity contribution in [1.82, 2.24) is 10.6 Å². The Morgan fingerprint density at radius 2 is 2.15 bits per heavy atom. The van der Waals surface area contributed by atoms with Crippen molar-refractivity contribution in [1.29, 1.82) is 0 Å². The second-order valence-corrected chi connectivity index (χ2v) is 6.31. The van der Waals surface area contributed by atoms with E-state index >= 15 is 0 Å². The lowest BCUT2D eigenvalue weighted by Crippen LogP contribution is -2.50. The first-order valence-corrected chi connectivity index (χ1v) is 8.28. The van der Waals surface area contributed by atoms with Gasteiger partial charge >= 0.3 is 6.18 Å². The lowest BCUT2D eigenvalue weighted by Gasteiger charge is -2.30. The Morgan fingerprint density at radius 1 is 1.42 bits per heavy atom. The van der Waals surface area contributed by atoms with Crippen LogP contribution in [0.4, 0.5) is 24.5 Å². The molecule has 7 nitrogen and oxygen atoms in total. The van der Waals surface area contributed by atoms with E-state index < -0.39 is 22.4 Å². The van der Waals surface area contributed by atoms with E-state index in [1.54, 1.807) is 0 Å². The van der Waals surface area contributed by atoms with Crippen molar-refractivity contribution in [3.8, 4) is 0 Å². The molecule has 26 heavy (non-hydrogen) atoms. The number of amides is 1. The molecule has 0 aromatic heterocycles. The largest absolute Gasteiger partial charge is 0.416 e. The summed E-state index contributed by atoms with van der Waals surface area (Å²) in [5.41, 5.74) is -1.82. The van der Waals surface area contributed by atoms with Crippen LogP contribution in [0.1, 0.15) is 25.3 Å². The number of nitrogens with zero attached hydrogens (tertiary/aromatic N) is 1. The Morgan fingerprint density at radius 3 is 2.77 bits per heavy atom. The second-order valence-electron chi connectivity index (χ2n) is 6.31. The van der Waals surface area contributed by atoms with E-state index in [4.69, 9.17) is 0 Å². The Hall–Kier alpha value is -2.36. The predicted molar refractivity (Wildman–Crippen MR) is 89.8 cm³/mol. The molecule has 2 atom stereocenters. The summed E-state index contributed by atoms with van der Waals surface area (Å²) in [5.74, 6) is 0.136. The number of hydrogen-bond donors (Lipinski definition) is 3. The zero-order valence-electron chi connectivity index (χ0n) is 14.2. The minimum Gasteiger partial charge on any atom is -0.379 e. The predicted octanol–water partition coefficient (Wildman–Crippen LogP) is 2.53. The van der Waals surface area contributed by atoms with Gasteiger partial charge < -0.3 is 16.0 Å². The number of nitro benzene ring substituents is 1. The molecule has 0 saturated carbocycles. The minimum atomic E-state index is -4.66. The molecule has 1 aromatic carbocycles. The Labute approximate surface area is 148 Å². The minimum absolute atomic E-state index is 0.0247. The number of benzene rings is 1. The Bertz CT molecular complexity index is 667. The molecule has 144 valence electrons. The first-order chi connectivity index (χ1) is 12.2. The number of piperidine rings is 1. The molecule has 2 rings (SSSR count). The van der Waals surface area contributed by atoms with Gasteiger partial charge in [0.25, 0.3) is 5.69 Å². The van der Waals surface area contributed by atoms with Crippen molar-refractivity contribution in [3.63, 3.8) is 0 Å². The quantitative estimate of drug-likeness (QED) is 0.525. The zero-order valence-corrected chi connectivity index (χ0v) is 14.2. The summed E-state index contributed by atoms with van der Waals surface area (Å²) in [7, 11) is 0. The smallest absolute Gasteiger partial charge is 0.379 e. The molecule has 1 aliphatic heterocycles. The molecule has 3 N–H and O–H groups in total. The lowest BCUT2D eigenvalue weighted by molar-refractivity contribution is -0.384. The topological polar surface area (TPSA) is 96.3 Å². The van der Waals surface area contributed by atoms with Gasteiger partial charge in [0, 0.05) is 31.6 Å². The van der Waals surface area contributed by atoms with Crippen LogP contribution in [0.2, 0.25) is 0 Å². The van der Waals surface area contributed by atoms with Crippen molar-refractivity contribution >= 4 is 17.3 Å². The van der Waals surface area contributed by atoms with Crippen LogP contribution in [0, 0.1) is 16.0 Å². The average molecular weight is 374 g/mol. The van der Waals surface area contributed by atoms with Gasteiger partial charge in [0.2, 0.25) is 5.91 Å². The maximum Gasteiger partial charge on any atom is 0.416 e. The number of rotatable bonds is 6. The molecule has 1 saturated heterocycles. The summed E-state index contributed by atoms with van der Waals surface area (Å²) in [6, 6.07) is 2.28. The fraction of sp³-hybridized carbons (Fsp3) is 0.562. The molecule has 1 heterocycles. The molecule has 0 spiro atoms. The van der Waals surface area contributed by atoms with E-state index in [9.17, 15) is 28.1 Å². The van der Waals surface area contributed by atoms with Gasteiger partial charge in [-0.2, -0.15) is 13.2 Å². The lowest BCUT2D eigenvalue weighted by atomic mass is 9.95. The number of carbonyl (C=O) groups is 1. The van der Waals surface area contributed by atoms with Crippen molar-refractivity contribution < 1.29 is 22.9 Å². The third-order valence-electron chi connectivity index (χ3n) is 4.36. The second kappa shape index (κ2) is 8.35. The molecule has 1 fully saturated rings. The Kier molecular flexibility index (Phi) is 6.41. The van der Waals surface area contributed by atoms with E-state index in [1.807, 2.05) is 0 Å². The van der Waals surface area contributed by atoms with Crippen LogP contribution in [-0.4, -0.2) is 36.5 Å². The normalized spacial score (nSPS) is 20.5. The van der Waals surface area contributed by atoms with Gasteiger partial charge in [-0.25, -0.2) is 0 Å². The fourth-order valence-electron chi connectivity index (χ4n) is 2.78. The average Bonchev–Trinajstić information content (AvgIpc) is 2.56. The van der Waals surface area contributed by atoms with Crippen LogP contribution >= 0.6 is 0 Å². The molecule has 1 amide bonds. The highest BCUT2D eigenvalue weighted by Crippen LogP contribution is 2.34. The molecule has 1 aromatic rings. The molecular formula is C16H21F3N4O3. The fourth-order valence-corrected chi connectivity index (χ4v) is 2.78. The van der Waals surface area contributed by atoms with Crippen LogP contribution in [-0.2, 0) is 11.0 Å². The SMILES string of the molecule is CC1CCNCC1NC(=O)CCNc1ccc(C(F)(F)F)cc1[N+](=O)[O-]. The molecule has 0 aliphatic carbocycles. The maximum atomic E-state index is 12.7. The number of alkyl halides is 3. The van der Waals surface area contributed by atoms with Gasteiger partial charge in [-0.3, -0.25) is 14.9 Å². The zero-order chi connectivity index (χ0) is 19.3. The van der Waals surface area contributed by atoms with E-state index in [0.717, 1.165) is 25.1 Å². The summed E-state index contributed by atoms with van der Waals surface area (Å²) in [4.78, 5) is 22.1. The third-order valence-corrected chi connectivity index (χ3v) is 4.36. The number of anilines is 1. The van der Waals surface area contributed by atoms with Crippen molar-refractivity contribution in [2.45, 2.75) is 32.0 Å². The highest BCUT2D eigenvalue weighted by molar-refractivity contribution is 5.77. The van der Waals surface area contributed by atoms with Gasteiger partial charge in [0.15, 0.2) is 0 Å². The summed E-state index contributed by atoms with van der Waals surface area (Å²) in [5, 5.41) is 19.8. The third kappa shape index (κ3) is 5.32. The number of nitrogens with one attached hydrogen (secondary N) is 3. The number of hydrogen-bond acceptors (Lipinski definition) is 5. The van der Waals surface area contributed by atoms with Gasteiger partial charge in [0.05, 0.1) is 10.5 Å². The van der Waals surface area contributed by atoms with Gasteiger partial charge in [0.1, 0.15) is 5.69 Å². The van der Waals surface area contributed by atoms with Crippen molar-refractivity contribution in [3.05, 3.63) is 33.9 Å². The molecule has 10 heteroatoms. The molecule has 0 radical (unpaired) electrons. The number of halogens is 3.